The van der Waals surface area contributed by atoms with Crippen molar-refractivity contribution in [1.29, 1.82) is 0 Å². The summed E-state index contributed by atoms with van der Waals surface area (Å²) >= 11 is 0. The summed E-state index contributed by atoms with van der Waals surface area (Å²) in [6, 6.07) is 17.1. The molecule has 2 rings (SSSR count). The van der Waals surface area contributed by atoms with Crippen LogP contribution in [0.2, 0.25) is 0 Å². The molecule has 4 N–H and O–H groups in total. The third kappa shape index (κ3) is 5.73. The number of primary amides is 1. The van der Waals surface area contributed by atoms with Crippen LogP contribution < -0.4 is 15.8 Å². The van der Waals surface area contributed by atoms with Gasteiger partial charge >= 0.3 is 0 Å². The first-order chi connectivity index (χ1) is 11.2. The zero-order valence-corrected chi connectivity index (χ0v) is 12.9. The quantitative estimate of drug-likeness (QED) is 0.656. The second-order valence-corrected chi connectivity index (χ2v) is 5.27. The van der Waals surface area contributed by atoms with Crippen LogP contribution in [-0.2, 0) is 17.9 Å². The van der Waals surface area contributed by atoms with Crippen molar-refractivity contribution in [2.24, 2.45) is 5.73 Å². The summed E-state index contributed by atoms with van der Waals surface area (Å²) in [6.45, 7) is 0.954. The first-order valence-corrected chi connectivity index (χ1v) is 7.58. The molecule has 23 heavy (non-hydrogen) atoms. The van der Waals surface area contributed by atoms with Gasteiger partial charge in [-0.25, -0.2) is 0 Å². The number of aliphatic hydroxyl groups excluding tert-OH is 1. The fraction of sp³-hybridized carbons (Fsp3) is 0.278. The van der Waals surface area contributed by atoms with Crippen molar-refractivity contribution < 1.29 is 14.6 Å². The summed E-state index contributed by atoms with van der Waals surface area (Å²) in [5, 5.41) is 12.0. The lowest BCUT2D eigenvalue weighted by atomic mass is 10.1. The van der Waals surface area contributed by atoms with Gasteiger partial charge in [-0.2, -0.15) is 0 Å². The maximum atomic E-state index is 11.2. The molecule has 0 spiro atoms. The number of hydrogen-bond acceptors (Lipinski definition) is 4. The molecule has 0 saturated carbocycles. The number of ether oxygens (including phenoxy) is 1. The molecule has 0 heterocycles. The molecule has 1 unspecified atom stereocenters. The second-order valence-electron chi connectivity index (χ2n) is 5.27. The van der Waals surface area contributed by atoms with Gasteiger partial charge < -0.3 is 20.9 Å². The largest absolute Gasteiger partial charge is 0.489 e. The van der Waals surface area contributed by atoms with E-state index >= 15 is 0 Å². The topological polar surface area (TPSA) is 84.6 Å². The van der Waals surface area contributed by atoms with E-state index in [0.717, 1.165) is 16.9 Å². The maximum absolute atomic E-state index is 11.2. The van der Waals surface area contributed by atoms with Gasteiger partial charge in [-0.3, -0.25) is 4.79 Å². The first kappa shape index (κ1) is 17.0. The Bertz CT molecular complexity index is 599. The van der Waals surface area contributed by atoms with Crippen LogP contribution in [0.4, 0.5) is 0 Å². The number of carbonyl (C=O) groups is 1. The minimum absolute atomic E-state index is 0.0730. The van der Waals surface area contributed by atoms with Crippen molar-refractivity contribution in [1.82, 2.24) is 5.32 Å². The van der Waals surface area contributed by atoms with Crippen molar-refractivity contribution in [3.63, 3.8) is 0 Å². The Morgan fingerprint density at radius 3 is 2.35 bits per heavy atom. The SMILES string of the molecule is NC(=O)C(CCO)NCc1ccc(COc2ccccc2)cc1. The van der Waals surface area contributed by atoms with Gasteiger partial charge in [-0.1, -0.05) is 42.5 Å². The fourth-order valence-corrected chi connectivity index (χ4v) is 2.15. The molecule has 0 fully saturated rings. The third-order valence-corrected chi connectivity index (χ3v) is 3.49. The number of nitrogens with one attached hydrogen (secondary N) is 1. The van der Waals surface area contributed by atoms with Crippen LogP contribution in [0.5, 0.6) is 5.75 Å². The van der Waals surface area contributed by atoms with Crippen molar-refractivity contribution in [3.8, 4) is 5.75 Å². The summed E-state index contributed by atoms with van der Waals surface area (Å²) in [5.74, 6) is 0.387. The van der Waals surface area contributed by atoms with Crippen LogP contribution in [-0.4, -0.2) is 23.7 Å². The maximum Gasteiger partial charge on any atom is 0.234 e. The normalized spacial score (nSPS) is 11.9. The van der Waals surface area contributed by atoms with E-state index in [2.05, 4.69) is 5.32 Å². The highest BCUT2D eigenvalue weighted by molar-refractivity contribution is 5.79. The molecule has 122 valence electrons. The molecule has 0 aromatic heterocycles. The highest BCUT2D eigenvalue weighted by Gasteiger charge is 2.13. The number of rotatable bonds is 9. The standard InChI is InChI=1S/C18H22N2O3/c19-18(22)17(10-11-21)20-12-14-6-8-15(9-7-14)13-23-16-4-2-1-3-5-16/h1-9,17,20-21H,10-13H2,(H2,19,22). The molecule has 2 aromatic rings. The Morgan fingerprint density at radius 2 is 1.74 bits per heavy atom. The first-order valence-electron chi connectivity index (χ1n) is 7.58. The lowest BCUT2D eigenvalue weighted by Gasteiger charge is -2.14. The number of aliphatic hydroxyl groups is 1. The molecule has 5 heteroatoms. The molecular formula is C18H22N2O3. The predicted molar refractivity (Wildman–Crippen MR) is 88.7 cm³/mol. The molecule has 5 nitrogen and oxygen atoms in total. The average molecular weight is 314 g/mol. The minimum atomic E-state index is -0.513. The van der Waals surface area contributed by atoms with Crippen molar-refractivity contribution in [2.45, 2.75) is 25.6 Å². The summed E-state index contributed by atoms with van der Waals surface area (Å²) < 4.78 is 5.69. The molecule has 0 radical (unpaired) electrons. The van der Waals surface area contributed by atoms with Crippen molar-refractivity contribution >= 4 is 5.91 Å². The van der Waals surface area contributed by atoms with Gasteiger partial charge in [0.15, 0.2) is 0 Å². The lowest BCUT2D eigenvalue weighted by molar-refractivity contribution is -0.120. The van der Waals surface area contributed by atoms with Gasteiger partial charge in [0.25, 0.3) is 0 Å². The Hall–Kier alpha value is -2.37. The van der Waals surface area contributed by atoms with Gasteiger partial charge in [0, 0.05) is 13.2 Å². The average Bonchev–Trinajstić information content (AvgIpc) is 2.58. The van der Waals surface area contributed by atoms with Crippen LogP contribution in [0.1, 0.15) is 17.5 Å². The second kappa shape index (κ2) is 8.92. The monoisotopic (exact) mass is 314 g/mol. The van der Waals surface area contributed by atoms with E-state index < -0.39 is 11.9 Å². The van der Waals surface area contributed by atoms with Crippen LogP contribution in [0, 0.1) is 0 Å². The molecule has 0 aliphatic heterocycles. The summed E-state index contributed by atoms with van der Waals surface area (Å²) in [5.41, 5.74) is 7.39. The minimum Gasteiger partial charge on any atom is -0.489 e. The lowest BCUT2D eigenvalue weighted by Crippen LogP contribution is -2.41. The highest BCUT2D eigenvalue weighted by atomic mass is 16.5. The summed E-state index contributed by atoms with van der Waals surface area (Å²) in [6.07, 6.45) is 0.318. The summed E-state index contributed by atoms with van der Waals surface area (Å²) in [4.78, 5) is 11.2. The molecule has 1 atom stereocenters. The molecule has 2 aromatic carbocycles. The van der Waals surface area contributed by atoms with Gasteiger partial charge in [0.1, 0.15) is 12.4 Å². The Morgan fingerprint density at radius 1 is 1.09 bits per heavy atom. The van der Waals surface area contributed by atoms with Crippen LogP contribution in [0.15, 0.2) is 54.6 Å². The van der Waals surface area contributed by atoms with E-state index in [4.69, 9.17) is 15.6 Å². The zero-order chi connectivity index (χ0) is 16.5. The number of benzene rings is 2. The van der Waals surface area contributed by atoms with Gasteiger partial charge in [0.2, 0.25) is 5.91 Å². The molecule has 0 aliphatic carbocycles. The molecular weight excluding hydrogens is 292 g/mol. The summed E-state index contributed by atoms with van der Waals surface area (Å²) in [7, 11) is 0. The van der Waals surface area contributed by atoms with E-state index in [1.165, 1.54) is 0 Å². The predicted octanol–water partition coefficient (Wildman–Crippen LogP) is 1.59. The Kier molecular flexibility index (Phi) is 6.59. The van der Waals surface area contributed by atoms with Crippen molar-refractivity contribution in [3.05, 3.63) is 65.7 Å². The third-order valence-electron chi connectivity index (χ3n) is 3.49. The van der Waals surface area contributed by atoms with Gasteiger partial charge in [0.05, 0.1) is 6.04 Å². The number of para-hydroxylation sites is 1. The van der Waals surface area contributed by atoms with E-state index in [0.29, 0.717) is 19.6 Å². The molecule has 0 aliphatic rings. The molecule has 0 bridgehead atoms. The van der Waals surface area contributed by atoms with E-state index in [9.17, 15) is 4.79 Å². The smallest absolute Gasteiger partial charge is 0.234 e. The van der Waals surface area contributed by atoms with Crippen LogP contribution >= 0.6 is 0 Å². The van der Waals surface area contributed by atoms with E-state index in [-0.39, 0.29) is 6.61 Å². The van der Waals surface area contributed by atoms with Crippen LogP contribution in [0.3, 0.4) is 0 Å². The van der Waals surface area contributed by atoms with E-state index in [1.54, 1.807) is 0 Å². The Balaban J connectivity index is 1.83. The number of hydrogen-bond donors (Lipinski definition) is 3. The molecule has 0 saturated heterocycles. The van der Waals surface area contributed by atoms with E-state index in [1.807, 2.05) is 54.6 Å². The number of amides is 1. The highest BCUT2D eigenvalue weighted by Crippen LogP contribution is 2.12. The zero-order valence-electron chi connectivity index (χ0n) is 12.9. The fourth-order valence-electron chi connectivity index (χ4n) is 2.15. The Labute approximate surface area is 136 Å². The van der Waals surface area contributed by atoms with Gasteiger partial charge in [-0.05, 0) is 29.7 Å². The number of nitrogens with two attached hydrogens (primary N) is 1. The number of carbonyl (C=O) groups excluding carboxylic acids is 1. The molecule has 1 amide bonds. The van der Waals surface area contributed by atoms with Gasteiger partial charge in [-0.15, -0.1) is 0 Å². The van der Waals surface area contributed by atoms with Crippen molar-refractivity contribution in [2.75, 3.05) is 6.61 Å². The van der Waals surface area contributed by atoms with Crippen LogP contribution in [0.25, 0.3) is 0 Å².